The van der Waals surface area contributed by atoms with Gasteiger partial charge in [0.25, 0.3) is 11.4 Å². The molecular formula is C42H38N4S6. The molecule has 0 aliphatic carbocycles. The third kappa shape index (κ3) is 9.02. The van der Waals surface area contributed by atoms with E-state index in [0.29, 0.717) is 0 Å². The molecule has 0 fully saturated rings. The number of nitrogens with zero attached hydrogens (tertiary/aromatic N) is 4. The van der Waals surface area contributed by atoms with Crippen molar-refractivity contribution < 1.29 is 0 Å². The summed E-state index contributed by atoms with van der Waals surface area (Å²) in [7, 11) is 0. The molecule has 0 bridgehead atoms. The third-order valence-corrected chi connectivity index (χ3v) is 16.4. The minimum Gasteiger partial charge on any atom is -0.227 e. The van der Waals surface area contributed by atoms with Crippen LogP contribution in [-0.4, -0.2) is 0 Å². The Morgan fingerprint density at radius 2 is 0.846 bits per heavy atom. The second-order valence-electron chi connectivity index (χ2n) is 12.7. The highest BCUT2D eigenvalue weighted by Gasteiger charge is 2.18. The van der Waals surface area contributed by atoms with Gasteiger partial charge in [0.1, 0.15) is 0 Å². The van der Waals surface area contributed by atoms with Gasteiger partial charge in [-0.25, -0.2) is 20.2 Å². The highest BCUT2D eigenvalue weighted by molar-refractivity contribution is 7.36. The van der Waals surface area contributed by atoms with Crippen LogP contribution in [0.5, 0.6) is 0 Å². The molecule has 0 N–H and O–H groups in total. The molecule has 0 unspecified atom stereocenters. The first kappa shape index (κ1) is 37.9. The van der Waals surface area contributed by atoms with Gasteiger partial charge < -0.3 is 0 Å². The van der Waals surface area contributed by atoms with Crippen LogP contribution in [0, 0.1) is 35.8 Å². The van der Waals surface area contributed by atoms with Crippen LogP contribution >= 0.6 is 68.0 Å². The standard InChI is InChI=1S/C42H38N4S6/c1-5-7-9-11-13-15-27-17-33(47-31(27)19-29(25-43)45-3)35-21-37-39(49-35)23-41(51-37)42-24-40-38(52-42)22-36(50-40)34-18-28(16-14-12-10-8-6-2)32(48-34)20-30(26-44)46-4/h17-24H,5-16H2,1-2H3/b29-19-,30-20+. The van der Waals surface area contributed by atoms with E-state index in [1.165, 1.54) is 111 Å². The Morgan fingerprint density at radius 1 is 0.519 bits per heavy atom. The molecular weight excluding hydrogens is 753 g/mol. The molecule has 6 heterocycles. The van der Waals surface area contributed by atoms with E-state index in [0.717, 1.165) is 35.4 Å². The molecule has 6 rings (SSSR count). The van der Waals surface area contributed by atoms with E-state index in [1.807, 2.05) is 57.5 Å². The van der Waals surface area contributed by atoms with Crippen molar-refractivity contribution >= 4 is 99.0 Å². The quantitative estimate of drug-likeness (QED) is 0.0525. The van der Waals surface area contributed by atoms with Gasteiger partial charge in [0.15, 0.2) is 0 Å². The number of allylic oxidation sites excluding steroid dienone is 2. The van der Waals surface area contributed by atoms with E-state index in [-0.39, 0.29) is 11.4 Å². The predicted molar refractivity (Wildman–Crippen MR) is 230 cm³/mol. The first-order valence-electron chi connectivity index (χ1n) is 17.8. The van der Waals surface area contributed by atoms with Crippen molar-refractivity contribution in [1.82, 2.24) is 0 Å². The lowest BCUT2D eigenvalue weighted by molar-refractivity contribution is 0.632. The van der Waals surface area contributed by atoms with Crippen molar-refractivity contribution in [3.05, 3.63) is 91.5 Å². The number of rotatable bonds is 17. The van der Waals surface area contributed by atoms with E-state index in [2.05, 4.69) is 59.9 Å². The van der Waals surface area contributed by atoms with Crippen LogP contribution in [0.25, 0.3) is 69.9 Å². The normalized spacial score (nSPS) is 12.0. The van der Waals surface area contributed by atoms with E-state index in [4.69, 9.17) is 13.1 Å². The Hall–Kier alpha value is -3.84. The molecule has 0 aliphatic heterocycles. The Kier molecular flexibility index (Phi) is 13.3. The van der Waals surface area contributed by atoms with Crippen molar-refractivity contribution in [2.24, 2.45) is 0 Å². The first-order chi connectivity index (χ1) is 25.5. The Balaban J connectivity index is 1.21. The fourth-order valence-electron chi connectivity index (χ4n) is 6.19. The smallest absolute Gasteiger partial charge is 0.227 e. The molecule has 0 aromatic carbocycles. The monoisotopic (exact) mass is 790 g/mol. The van der Waals surface area contributed by atoms with Crippen LogP contribution in [0.4, 0.5) is 0 Å². The summed E-state index contributed by atoms with van der Waals surface area (Å²) in [5, 5.41) is 18.8. The van der Waals surface area contributed by atoms with Gasteiger partial charge in [-0.1, -0.05) is 65.2 Å². The molecule has 0 atom stereocenters. The number of hydrogen-bond acceptors (Lipinski definition) is 8. The lowest BCUT2D eigenvalue weighted by atomic mass is 10.1. The summed E-state index contributed by atoms with van der Waals surface area (Å²) < 4.78 is 5.15. The van der Waals surface area contributed by atoms with Crippen molar-refractivity contribution in [2.45, 2.75) is 90.9 Å². The van der Waals surface area contributed by atoms with Crippen LogP contribution < -0.4 is 0 Å². The maximum Gasteiger partial charge on any atom is 0.263 e. The van der Waals surface area contributed by atoms with E-state index < -0.39 is 0 Å². The Bertz CT molecular complexity index is 2140. The van der Waals surface area contributed by atoms with Crippen LogP contribution in [0.1, 0.15) is 98.9 Å². The number of thiophene rings is 6. The summed E-state index contributed by atoms with van der Waals surface area (Å²) in [6.07, 6.45) is 17.6. The van der Waals surface area contributed by atoms with Crippen molar-refractivity contribution in [2.75, 3.05) is 0 Å². The predicted octanol–water partition coefficient (Wildman–Crippen LogP) is 16.0. The summed E-state index contributed by atoms with van der Waals surface area (Å²) in [6.45, 7) is 19.2. The van der Waals surface area contributed by atoms with Gasteiger partial charge in [0.2, 0.25) is 0 Å². The molecule has 6 aromatic heterocycles. The summed E-state index contributed by atoms with van der Waals surface area (Å²) in [4.78, 5) is 16.4. The second-order valence-corrected chi connectivity index (χ2v) is 19.2. The molecule has 0 aliphatic rings. The number of nitriles is 2. The maximum atomic E-state index is 9.42. The summed E-state index contributed by atoms with van der Waals surface area (Å²) in [5.41, 5.74) is 2.77. The molecule has 52 heavy (non-hydrogen) atoms. The molecule has 6 aromatic rings. The second kappa shape index (κ2) is 18.3. The van der Waals surface area contributed by atoms with Crippen molar-refractivity contribution in [3.63, 3.8) is 0 Å². The molecule has 0 spiro atoms. The SMILES string of the molecule is [C-]#[N+]/C(C#N)=C\c1sc(-c2cc3sc(-c4cc5sc(-c6cc(CCCCCCC)c(/C=C(\C#N)[N+]#[C-])s6)cc5s4)cc3s2)cc1CCCCCCC. The van der Waals surface area contributed by atoms with Crippen molar-refractivity contribution in [1.29, 1.82) is 10.5 Å². The molecule has 10 heteroatoms. The Labute approximate surface area is 330 Å². The first-order valence-corrected chi connectivity index (χ1v) is 22.7. The highest BCUT2D eigenvalue weighted by atomic mass is 32.1. The highest BCUT2D eigenvalue weighted by Crippen LogP contribution is 2.49. The number of aryl methyl sites for hydroxylation is 2. The summed E-state index contributed by atoms with van der Waals surface area (Å²) in [5.74, 6) is 0. The topological polar surface area (TPSA) is 56.3 Å². The molecule has 4 nitrogen and oxygen atoms in total. The number of hydrogen-bond donors (Lipinski definition) is 0. The van der Waals surface area contributed by atoms with Gasteiger partial charge in [-0.05, 0) is 85.4 Å². The molecule has 0 saturated carbocycles. The van der Waals surface area contributed by atoms with Gasteiger partial charge in [-0.3, -0.25) is 0 Å². The van der Waals surface area contributed by atoms with Gasteiger partial charge in [0.05, 0.1) is 25.3 Å². The van der Waals surface area contributed by atoms with Crippen LogP contribution in [-0.2, 0) is 12.8 Å². The van der Waals surface area contributed by atoms with E-state index in [9.17, 15) is 10.5 Å². The fourth-order valence-corrected chi connectivity index (χ4v) is 13.5. The van der Waals surface area contributed by atoms with Crippen molar-refractivity contribution in [3.8, 4) is 41.4 Å². The Morgan fingerprint density at radius 3 is 1.15 bits per heavy atom. The summed E-state index contributed by atoms with van der Waals surface area (Å²) in [6, 6.07) is 17.9. The van der Waals surface area contributed by atoms with E-state index in [1.54, 1.807) is 34.8 Å². The molecule has 0 saturated heterocycles. The van der Waals surface area contributed by atoms with Gasteiger partial charge in [0, 0.05) is 57.8 Å². The van der Waals surface area contributed by atoms with Gasteiger partial charge in [-0.2, -0.15) is 0 Å². The average Bonchev–Trinajstić information content (AvgIpc) is 3.99. The molecule has 262 valence electrons. The zero-order valence-electron chi connectivity index (χ0n) is 29.3. The van der Waals surface area contributed by atoms with Crippen LogP contribution in [0.15, 0.2) is 47.8 Å². The van der Waals surface area contributed by atoms with Crippen LogP contribution in [0.3, 0.4) is 0 Å². The summed E-state index contributed by atoms with van der Waals surface area (Å²) >= 11 is 10.7. The number of fused-ring (bicyclic) bond motifs is 2. The average molecular weight is 791 g/mol. The van der Waals surface area contributed by atoms with Gasteiger partial charge >= 0.3 is 0 Å². The van der Waals surface area contributed by atoms with Crippen LogP contribution in [0.2, 0.25) is 0 Å². The largest absolute Gasteiger partial charge is 0.263 e. The molecule has 0 amide bonds. The molecule has 0 radical (unpaired) electrons. The fraction of sp³-hybridized carbons (Fsp3) is 0.333. The zero-order valence-corrected chi connectivity index (χ0v) is 34.2. The lowest BCUT2D eigenvalue weighted by Gasteiger charge is -2.01. The number of unbranched alkanes of at least 4 members (excludes halogenated alkanes) is 8. The minimum atomic E-state index is 0.140. The maximum absolute atomic E-state index is 9.42. The zero-order chi connectivity index (χ0) is 36.5. The minimum absolute atomic E-state index is 0.140. The van der Waals surface area contributed by atoms with Gasteiger partial charge in [-0.15, -0.1) is 68.0 Å². The third-order valence-electron chi connectivity index (χ3n) is 8.93. The lowest BCUT2D eigenvalue weighted by Crippen LogP contribution is -1.86. The van der Waals surface area contributed by atoms with E-state index >= 15 is 0 Å².